The minimum Gasteiger partial charge on any atom is -0.322 e. The fourth-order valence-corrected chi connectivity index (χ4v) is 4.28. The molecule has 0 spiro atoms. The van der Waals surface area contributed by atoms with Crippen molar-refractivity contribution in [3.05, 3.63) is 64.7 Å². The number of carbonyl (C=O) groups is 1. The smallest absolute Gasteiger partial charge is 0.282 e. The highest BCUT2D eigenvalue weighted by molar-refractivity contribution is 5.95. The Morgan fingerprint density at radius 2 is 1.73 bits per heavy atom. The predicted octanol–water partition coefficient (Wildman–Crippen LogP) is 1.30. The molecule has 1 heterocycles. The van der Waals surface area contributed by atoms with Crippen LogP contribution in [0, 0.1) is 18.3 Å². The molecule has 1 aliphatic heterocycles. The Balaban J connectivity index is 1.55. The van der Waals surface area contributed by atoms with Crippen molar-refractivity contribution in [1.29, 1.82) is 5.26 Å². The standard InChI is InChI=1S/C25H32N4O/c1-18(2)23-7-5-6-19(3)24(23)27-25(30)20(4)29-14-12-28(13-15-29)17-22-10-8-21(16-26)9-11-22/h5-11,18,20H,12-15,17H2,1-4H3,(H,27,30)/p+2/t20-/m0/s1. The topological polar surface area (TPSA) is 61.8 Å². The van der Waals surface area contributed by atoms with Crippen molar-refractivity contribution in [2.45, 2.75) is 46.2 Å². The second kappa shape index (κ2) is 9.88. The van der Waals surface area contributed by atoms with Crippen molar-refractivity contribution in [3.63, 3.8) is 0 Å². The molecule has 0 aliphatic carbocycles. The summed E-state index contributed by atoms with van der Waals surface area (Å²) in [6.07, 6.45) is 0. The van der Waals surface area contributed by atoms with Crippen LogP contribution in [0.1, 0.15) is 48.9 Å². The number of para-hydroxylation sites is 1. The Labute approximate surface area is 180 Å². The average Bonchev–Trinajstić information content (AvgIpc) is 2.75. The van der Waals surface area contributed by atoms with Gasteiger partial charge in [-0.25, -0.2) is 0 Å². The van der Waals surface area contributed by atoms with Gasteiger partial charge < -0.3 is 15.1 Å². The molecule has 0 bridgehead atoms. The minimum absolute atomic E-state index is 0.0684. The van der Waals surface area contributed by atoms with Crippen LogP contribution in [0.3, 0.4) is 0 Å². The number of nitrogens with zero attached hydrogens (tertiary/aromatic N) is 1. The highest BCUT2D eigenvalue weighted by atomic mass is 16.2. The Morgan fingerprint density at radius 1 is 1.07 bits per heavy atom. The lowest BCUT2D eigenvalue weighted by molar-refractivity contribution is -1.02. The molecule has 1 atom stereocenters. The van der Waals surface area contributed by atoms with Crippen molar-refractivity contribution in [2.75, 3.05) is 31.5 Å². The number of benzene rings is 2. The number of hydrogen-bond donors (Lipinski definition) is 3. The number of nitrogens with one attached hydrogen (secondary N) is 3. The number of anilines is 1. The average molecular weight is 407 g/mol. The number of piperazine rings is 1. The van der Waals surface area contributed by atoms with Crippen LogP contribution < -0.4 is 15.1 Å². The van der Waals surface area contributed by atoms with Crippen LogP contribution in [0.5, 0.6) is 0 Å². The third kappa shape index (κ3) is 5.27. The third-order valence-corrected chi connectivity index (χ3v) is 6.32. The van der Waals surface area contributed by atoms with E-state index < -0.39 is 0 Å². The molecule has 5 nitrogen and oxygen atoms in total. The van der Waals surface area contributed by atoms with E-state index in [1.807, 2.05) is 19.1 Å². The summed E-state index contributed by atoms with van der Waals surface area (Å²) in [4.78, 5) is 15.9. The summed E-state index contributed by atoms with van der Waals surface area (Å²) in [5.74, 6) is 0.481. The van der Waals surface area contributed by atoms with Crippen LogP contribution in [-0.2, 0) is 11.3 Å². The van der Waals surface area contributed by atoms with E-state index in [4.69, 9.17) is 5.26 Å². The maximum absolute atomic E-state index is 13.0. The van der Waals surface area contributed by atoms with Gasteiger partial charge in [-0.05, 0) is 43.0 Å². The van der Waals surface area contributed by atoms with Gasteiger partial charge in [0, 0.05) is 11.3 Å². The quantitative estimate of drug-likeness (QED) is 0.677. The van der Waals surface area contributed by atoms with Gasteiger partial charge in [0.1, 0.15) is 32.7 Å². The van der Waals surface area contributed by atoms with Crippen LogP contribution in [-0.4, -0.2) is 38.1 Å². The summed E-state index contributed by atoms with van der Waals surface area (Å²) >= 11 is 0. The number of hydrogen-bond acceptors (Lipinski definition) is 2. The molecule has 2 aromatic carbocycles. The van der Waals surface area contributed by atoms with Gasteiger partial charge in [-0.1, -0.05) is 44.2 Å². The molecular weight excluding hydrogens is 372 g/mol. The van der Waals surface area contributed by atoms with E-state index in [1.165, 1.54) is 20.9 Å². The molecule has 30 heavy (non-hydrogen) atoms. The molecule has 0 aromatic heterocycles. The molecule has 3 rings (SSSR count). The first-order valence-corrected chi connectivity index (χ1v) is 11.0. The third-order valence-electron chi connectivity index (χ3n) is 6.32. The number of rotatable bonds is 6. The monoisotopic (exact) mass is 406 g/mol. The molecule has 1 fully saturated rings. The lowest BCUT2D eigenvalue weighted by Crippen LogP contribution is -3.29. The largest absolute Gasteiger partial charge is 0.322 e. The SMILES string of the molecule is Cc1cccc(C(C)C)c1NC(=O)[C@H](C)[NH+]1CC[NH+](Cc2ccc(C#N)cc2)CC1. The van der Waals surface area contributed by atoms with E-state index in [9.17, 15) is 4.79 Å². The van der Waals surface area contributed by atoms with Gasteiger partial charge in [-0.3, -0.25) is 4.79 Å². The molecule has 0 unspecified atom stereocenters. The zero-order valence-corrected chi connectivity index (χ0v) is 18.6. The summed E-state index contributed by atoms with van der Waals surface area (Å²) in [6, 6.07) is 16.2. The summed E-state index contributed by atoms with van der Waals surface area (Å²) < 4.78 is 0. The lowest BCUT2D eigenvalue weighted by atomic mass is 9.98. The first kappa shape index (κ1) is 22.0. The first-order valence-electron chi connectivity index (χ1n) is 11.0. The van der Waals surface area contributed by atoms with Gasteiger partial charge in [0.2, 0.25) is 0 Å². The molecule has 3 N–H and O–H groups in total. The Kier molecular flexibility index (Phi) is 7.25. The Hall–Kier alpha value is -2.68. The van der Waals surface area contributed by atoms with Gasteiger partial charge in [-0.15, -0.1) is 0 Å². The van der Waals surface area contributed by atoms with Gasteiger partial charge in [0.15, 0.2) is 6.04 Å². The van der Waals surface area contributed by atoms with Gasteiger partial charge in [0.25, 0.3) is 5.91 Å². The van der Waals surface area contributed by atoms with E-state index >= 15 is 0 Å². The van der Waals surface area contributed by atoms with E-state index in [-0.39, 0.29) is 11.9 Å². The summed E-state index contributed by atoms with van der Waals surface area (Å²) in [6.45, 7) is 13.5. The van der Waals surface area contributed by atoms with Crippen LogP contribution in [0.15, 0.2) is 42.5 Å². The van der Waals surface area contributed by atoms with E-state index in [0.29, 0.717) is 11.5 Å². The highest BCUT2D eigenvalue weighted by Crippen LogP contribution is 2.27. The van der Waals surface area contributed by atoms with E-state index in [1.54, 1.807) is 0 Å². The highest BCUT2D eigenvalue weighted by Gasteiger charge is 2.31. The van der Waals surface area contributed by atoms with Crippen LogP contribution in [0.4, 0.5) is 5.69 Å². The normalized spacial score (nSPS) is 19.9. The second-order valence-corrected chi connectivity index (χ2v) is 8.80. The lowest BCUT2D eigenvalue weighted by Gasteiger charge is -2.33. The summed E-state index contributed by atoms with van der Waals surface area (Å²) in [5.41, 5.74) is 5.26. The van der Waals surface area contributed by atoms with Crippen molar-refractivity contribution in [2.24, 2.45) is 0 Å². The van der Waals surface area contributed by atoms with Crippen LogP contribution in [0.2, 0.25) is 0 Å². The molecule has 0 saturated carbocycles. The van der Waals surface area contributed by atoms with E-state index in [0.717, 1.165) is 44.0 Å². The maximum Gasteiger partial charge on any atom is 0.282 e. The number of nitriles is 1. The molecular formula is C25H34N4O+2. The zero-order chi connectivity index (χ0) is 21.7. The number of aryl methyl sites for hydroxylation is 1. The maximum atomic E-state index is 13.0. The fraction of sp³-hybridized carbons (Fsp3) is 0.440. The molecule has 158 valence electrons. The van der Waals surface area contributed by atoms with Crippen LogP contribution >= 0.6 is 0 Å². The summed E-state index contributed by atoms with van der Waals surface area (Å²) in [7, 11) is 0. The zero-order valence-electron chi connectivity index (χ0n) is 18.6. The van der Waals surface area contributed by atoms with Crippen LogP contribution in [0.25, 0.3) is 0 Å². The molecule has 0 radical (unpaired) electrons. The minimum atomic E-state index is -0.0684. The van der Waals surface area contributed by atoms with Crippen molar-refractivity contribution >= 4 is 11.6 Å². The number of amides is 1. The Bertz CT molecular complexity index is 906. The second-order valence-electron chi connectivity index (χ2n) is 8.80. The predicted molar refractivity (Wildman–Crippen MR) is 120 cm³/mol. The first-order chi connectivity index (χ1) is 14.4. The summed E-state index contributed by atoms with van der Waals surface area (Å²) in [5, 5.41) is 12.2. The van der Waals surface area contributed by atoms with E-state index in [2.05, 4.69) is 62.5 Å². The molecule has 5 heteroatoms. The molecule has 1 saturated heterocycles. The van der Waals surface area contributed by atoms with Crippen molar-refractivity contribution in [3.8, 4) is 6.07 Å². The van der Waals surface area contributed by atoms with Gasteiger partial charge >= 0.3 is 0 Å². The molecule has 1 amide bonds. The van der Waals surface area contributed by atoms with Gasteiger partial charge in [0.05, 0.1) is 11.6 Å². The fourth-order valence-electron chi connectivity index (χ4n) is 4.28. The molecule has 2 aromatic rings. The Morgan fingerprint density at radius 3 is 2.33 bits per heavy atom. The molecule has 1 aliphatic rings. The van der Waals surface area contributed by atoms with Crippen molar-refractivity contribution in [1.82, 2.24) is 0 Å². The number of quaternary nitrogens is 2. The number of carbonyl (C=O) groups excluding carboxylic acids is 1. The van der Waals surface area contributed by atoms with Crippen molar-refractivity contribution < 1.29 is 14.6 Å². The van der Waals surface area contributed by atoms with Gasteiger partial charge in [-0.2, -0.15) is 5.26 Å².